The Morgan fingerprint density at radius 3 is 2.69 bits per heavy atom. The Labute approximate surface area is 156 Å². The Morgan fingerprint density at radius 1 is 1.27 bits per heavy atom. The summed E-state index contributed by atoms with van der Waals surface area (Å²) in [5, 5.41) is 18.6. The van der Waals surface area contributed by atoms with Gasteiger partial charge in [0.1, 0.15) is 12.4 Å². The summed E-state index contributed by atoms with van der Waals surface area (Å²) in [7, 11) is 1.89. The standard InChI is InChI=1S/C19H22N4O2S/c1-12-17(14-5-3-4-6-15(14)26-12)19(25)23-9-7-13(8-10-23)18-21-20-16(11-24)22(18)2/h3-6,13,24H,7-11H2,1-2H3. The third kappa shape index (κ3) is 2.81. The number of amides is 1. The van der Waals surface area contributed by atoms with Crippen LogP contribution in [0.4, 0.5) is 0 Å². The molecule has 1 saturated heterocycles. The Hall–Kier alpha value is -2.25. The minimum absolute atomic E-state index is 0.106. The van der Waals surface area contributed by atoms with Gasteiger partial charge in [0, 0.05) is 41.0 Å². The van der Waals surface area contributed by atoms with E-state index in [2.05, 4.69) is 16.3 Å². The van der Waals surface area contributed by atoms with Gasteiger partial charge in [-0.3, -0.25) is 4.79 Å². The molecule has 0 saturated carbocycles. The SMILES string of the molecule is Cc1sc2ccccc2c1C(=O)N1CCC(c2nnc(CO)n2C)CC1. The van der Waals surface area contributed by atoms with E-state index in [4.69, 9.17) is 0 Å². The first kappa shape index (κ1) is 17.2. The number of hydrogen-bond donors (Lipinski definition) is 1. The number of rotatable bonds is 3. The van der Waals surface area contributed by atoms with E-state index in [1.165, 1.54) is 4.70 Å². The molecule has 1 aliphatic heterocycles. The second-order valence-electron chi connectivity index (χ2n) is 6.79. The van der Waals surface area contributed by atoms with Gasteiger partial charge in [0.25, 0.3) is 5.91 Å². The molecule has 1 amide bonds. The normalized spacial score (nSPS) is 15.7. The number of aliphatic hydroxyl groups excluding tert-OH is 1. The molecule has 26 heavy (non-hydrogen) atoms. The van der Waals surface area contributed by atoms with Crippen molar-refractivity contribution >= 4 is 27.3 Å². The first-order valence-electron chi connectivity index (χ1n) is 8.86. The molecular weight excluding hydrogens is 348 g/mol. The predicted octanol–water partition coefficient (Wildman–Crippen LogP) is 2.85. The summed E-state index contributed by atoms with van der Waals surface area (Å²) in [6, 6.07) is 8.11. The number of aryl methyl sites for hydroxylation is 1. The van der Waals surface area contributed by atoms with Gasteiger partial charge >= 0.3 is 0 Å². The van der Waals surface area contributed by atoms with E-state index in [1.54, 1.807) is 11.3 Å². The Morgan fingerprint density at radius 2 is 2.00 bits per heavy atom. The lowest BCUT2D eigenvalue weighted by Gasteiger charge is -2.31. The van der Waals surface area contributed by atoms with E-state index < -0.39 is 0 Å². The van der Waals surface area contributed by atoms with Crippen LogP contribution in [0.1, 0.15) is 45.6 Å². The summed E-state index contributed by atoms with van der Waals surface area (Å²) in [6.45, 7) is 3.36. The fourth-order valence-electron chi connectivity index (χ4n) is 3.80. The van der Waals surface area contributed by atoms with Crippen LogP contribution in [0.25, 0.3) is 10.1 Å². The van der Waals surface area contributed by atoms with Crippen LogP contribution in [0.3, 0.4) is 0 Å². The number of aromatic nitrogens is 3. The van der Waals surface area contributed by atoms with Crippen LogP contribution in [-0.4, -0.2) is 43.8 Å². The molecule has 136 valence electrons. The molecule has 0 bridgehead atoms. The number of carbonyl (C=O) groups is 1. The Balaban J connectivity index is 1.51. The highest BCUT2D eigenvalue weighted by Gasteiger charge is 2.29. The molecular formula is C19H22N4O2S. The van der Waals surface area contributed by atoms with Gasteiger partial charge in [0.2, 0.25) is 0 Å². The maximum atomic E-state index is 13.1. The van der Waals surface area contributed by atoms with Crippen molar-refractivity contribution in [2.75, 3.05) is 13.1 Å². The highest BCUT2D eigenvalue weighted by Crippen LogP contribution is 2.33. The van der Waals surface area contributed by atoms with Crippen LogP contribution < -0.4 is 0 Å². The maximum Gasteiger partial charge on any atom is 0.255 e. The van der Waals surface area contributed by atoms with Crippen molar-refractivity contribution in [1.82, 2.24) is 19.7 Å². The number of carbonyl (C=O) groups excluding carboxylic acids is 1. The summed E-state index contributed by atoms with van der Waals surface area (Å²) in [5.74, 6) is 1.89. The predicted molar refractivity (Wildman–Crippen MR) is 101 cm³/mol. The molecule has 0 unspecified atom stereocenters. The fourth-order valence-corrected chi connectivity index (χ4v) is 4.86. The number of thiophene rings is 1. The topological polar surface area (TPSA) is 71.2 Å². The van der Waals surface area contributed by atoms with Gasteiger partial charge in [-0.15, -0.1) is 21.5 Å². The molecule has 4 rings (SSSR count). The lowest BCUT2D eigenvalue weighted by molar-refractivity contribution is 0.0712. The quantitative estimate of drug-likeness (QED) is 0.770. The third-order valence-corrected chi connectivity index (χ3v) is 6.36. The molecule has 7 heteroatoms. The van der Waals surface area contributed by atoms with E-state index in [0.717, 1.165) is 34.5 Å². The molecule has 1 aromatic carbocycles. The molecule has 3 heterocycles. The van der Waals surface area contributed by atoms with E-state index in [-0.39, 0.29) is 18.4 Å². The van der Waals surface area contributed by atoms with Gasteiger partial charge in [-0.05, 0) is 25.8 Å². The fraction of sp³-hybridized carbons (Fsp3) is 0.421. The van der Waals surface area contributed by atoms with Crippen molar-refractivity contribution in [2.24, 2.45) is 7.05 Å². The van der Waals surface area contributed by atoms with Crippen LogP contribution >= 0.6 is 11.3 Å². The molecule has 3 aromatic rings. The number of nitrogens with zero attached hydrogens (tertiary/aromatic N) is 4. The average Bonchev–Trinajstić information content (AvgIpc) is 3.20. The summed E-state index contributed by atoms with van der Waals surface area (Å²) >= 11 is 1.68. The van der Waals surface area contributed by atoms with Crippen molar-refractivity contribution in [2.45, 2.75) is 32.3 Å². The first-order valence-corrected chi connectivity index (χ1v) is 9.68. The molecule has 0 spiro atoms. The van der Waals surface area contributed by atoms with Crippen LogP contribution in [0.5, 0.6) is 0 Å². The van der Waals surface area contributed by atoms with Crippen molar-refractivity contribution in [3.8, 4) is 0 Å². The molecule has 0 atom stereocenters. The van der Waals surface area contributed by atoms with Crippen molar-refractivity contribution in [1.29, 1.82) is 0 Å². The molecule has 1 N–H and O–H groups in total. The molecule has 2 aromatic heterocycles. The van der Waals surface area contributed by atoms with E-state index in [9.17, 15) is 9.90 Å². The van der Waals surface area contributed by atoms with Gasteiger partial charge in [-0.1, -0.05) is 18.2 Å². The lowest BCUT2D eigenvalue weighted by Crippen LogP contribution is -2.38. The van der Waals surface area contributed by atoms with Gasteiger partial charge in [-0.2, -0.15) is 0 Å². The van der Waals surface area contributed by atoms with Crippen LogP contribution in [-0.2, 0) is 13.7 Å². The van der Waals surface area contributed by atoms with E-state index in [1.807, 2.05) is 41.6 Å². The molecule has 6 nitrogen and oxygen atoms in total. The summed E-state index contributed by atoms with van der Waals surface area (Å²) < 4.78 is 3.04. The van der Waals surface area contributed by atoms with Crippen LogP contribution in [0, 0.1) is 6.92 Å². The summed E-state index contributed by atoms with van der Waals surface area (Å²) in [5.41, 5.74) is 0.852. The average molecular weight is 370 g/mol. The number of fused-ring (bicyclic) bond motifs is 1. The van der Waals surface area contributed by atoms with Crippen LogP contribution in [0.15, 0.2) is 24.3 Å². The number of aliphatic hydroxyl groups is 1. The lowest BCUT2D eigenvalue weighted by atomic mass is 9.95. The maximum absolute atomic E-state index is 13.1. The smallest absolute Gasteiger partial charge is 0.255 e. The highest BCUT2D eigenvalue weighted by atomic mass is 32.1. The molecule has 1 aliphatic rings. The number of likely N-dealkylation sites (tertiary alicyclic amines) is 1. The third-order valence-electron chi connectivity index (χ3n) is 5.27. The van der Waals surface area contributed by atoms with Gasteiger partial charge in [0.15, 0.2) is 5.82 Å². The van der Waals surface area contributed by atoms with Gasteiger partial charge in [0.05, 0.1) is 5.56 Å². The monoisotopic (exact) mass is 370 g/mol. The highest BCUT2D eigenvalue weighted by molar-refractivity contribution is 7.19. The molecule has 0 aliphatic carbocycles. The van der Waals surface area contributed by atoms with Gasteiger partial charge < -0.3 is 14.6 Å². The summed E-state index contributed by atoms with van der Waals surface area (Å²) in [6.07, 6.45) is 1.73. The zero-order valence-corrected chi connectivity index (χ0v) is 15.8. The van der Waals surface area contributed by atoms with Crippen molar-refractivity contribution in [3.05, 3.63) is 46.4 Å². The minimum atomic E-state index is -0.106. The van der Waals surface area contributed by atoms with E-state index >= 15 is 0 Å². The number of piperidine rings is 1. The van der Waals surface area contributed by atoms with Crippen molar-refractivity contribution in [3.63, 3.8) is 0 Å². The zero-order chi connectivity index (χ0) is 18.3. The van der Waals surface area contributed by atoms with Crippen molar-refractivity contribution < 1.29 is 9.90 Å². The molecule has 0 radical (unpaired) electrons. The van der Waals surface area contributed by atoms with E-state index in [0.29, 0.717) is 18.9 Å². The Bertz CT molecular complexity index is 954. The number of hydrogen-bond acceptors (Lipinski definition) is 5. The second-order valence-corrected chi connectivity index (χ2v) is 8.04. The molecule has 1 fully saturated rings. The van der Waals surface area contributed by atoms with Gasteiger partial charge in [-0.25, -0.2) is 0 Å². The van der Waals surface area contributed by atoms with Crippen LogP contribution in [0.2, 0.25) is 0 Å². The number of benzene rings is 1. The first-order chi connectivity index (χ1) is 12.6. The minimum Gasteiger partial charge on any atom is -0.388 e. The Kier molecular flexibility index (Phi) is 4.50. The zero-order valence-electron chi connectivity index (χ0n) is 15.0. The summed E-state index contributed by atoms with van der Waals surface area (Å²) in [4.78, 5) is 16.2. The largest absolute Gasteiger partial charge is 0.388 e. The second kappa shape index (κ2) is 6.81.